The molecule has 144 valence electrons. The number of aryl methyl sites for hydroxylation is 1. The smallest absolute Gasteiger partial charge is 0.257 e. The largest absolute Gasteiger partial charge is 0.490 e. The lowest BCUT2D eigenvalue weighted by molar-refractivity contribution is 0.0935. The van der Waals surface area contributed by atoms with Crippen molar-refractivity contribution in [2.75, 3.05) is 6.61 Å². The van der Waals surface area contributed by atoms with Crippen LogP contribution < -0.4 is 10.1 Å². The lowest BCUT2D eigenvalue weighted by Gasteiger charge is -2.12. The minimum atomic E-state index is -0.313. The van der Waals surface area contributed by atoms with E-state index in [1.54, 1.807) is 10.9 Å². The average Bonchev–Trinajstić information content (AvgIpc) is 3.41. The number of para-hydroxylation sites is 1. The molecule has 4 rings (SSSR count). The van der Waals surface area contributed by atoms with Crippen LogP contribution in [-0.2, 0) is 7.05 Å². The molecule has 1 atom stereocenters. The molecule has 0 aliphatic carbocycles. The first-order valence-electron chi connectivity index (χ1n) is 9.20. The van der Waals surface area contributed by atoms with Gasteiger partial charge < -0.3 is 19.0 Å². The molecule has 7 heteroatoms. The quantitative estimate of drug-likeness (QED) is 0.553. The van der Waals surface area contributed by atoms with Crippen molar-refractivity contribution in [1.29, 1.82) is 0 Å². The number of fused-ring (bicyclic) bond motifs is 1. The van der Waals surface area contributed by atoms with Crippen molar-refractivity contribution in [3.8, 4) is 11.6 Å². The zero-order chi connectivity index (χ0) is 19.7. The van der Waals surface area contributed by atoms with Crippen LogP contribution in [0.1, 0.15) is 36.0 Å². The van der Waals surface area contributed by atoms with Gasteiger partial charge in [-0.15, -0.1) is 0 Å². The summed E-state index contributed by atoms with van der Waals surface area (Å²) in [5.41, 5.74) is 1.19. The fourth-order valence-corrected chi connectivity index (χ4v) is 3.26. The zero-order valence-electron chi connectivity index (χ0n) is 16.0. The van der Waals surface area contributed by atoms with E-state index in [1.165, 1.54) is 0 Å². The van der Waals surface area contributed by atoms with Crippen LogP contribution in [0.15, 0.2) is 59.4 Å². The van der Waals surface area contributed by atoms with E-state index in [1.807, 2.05) is 74.3 Å². The third-order valence-electron chi connectivity index (χ3n) is 4.60. The first-order valence-corrected chi connectivity index (χ1v) is 9.20. The van der Waals surface area contributed by atoms with E-state index >= 15 is 0 Å². The Morgan fingerprint density at radius 1 is 1.29 bits per heavy atom. The SMILES string of the molecule is CCOc1cccc2cc(C(C)NC(=O)c3cnn(C)c3-n3cccc3)oc12. The summed E-state index contributed by atoms with van der Waals surface area (Å²) in [6.45, 7) is 4.38. The highest BCUT2D eigenvalue weighted by Crippen LogP contribution is 2.31. The molecule has 0 radical (unpaired) electrons. The van der Waals surface area contributed by atoms with Crippen molar-refractivity contribution in [3.05, 3.63) is 66.3 Å². The van der Waals surface area contributed by atoms with Gasteiger partial charge in [0.2, 0.25) is 0 Å². The predicted octanol–water partition coefficient (Wildman–Crippen LogP) is 3.85. The molecule has 3 heterocycles. The van der Waals surface area contributed by atoms with Crippen molar-refractivity contribution in [2.24, 2.45) is 7.05 Å². The standard InChI is InChI=1S/C21H22N4O3/c1-4-27-17-9-7-8-15-12-18(28-19(15)17)14(2)23-20(26)16-13-22-24(3)21(16)25-10-5-6-11-25/h5-14H,4H2,1-3H3,(H,23,26). The van der Waals surface area contributed by atoms with Gasteiger partial charge in [0, 0.05) is 24.8 Å². The van der Waals surface area contributed by atoms with Gasteiger partial charge in [0.25, 0.3) is 5.91 Å². The molecule has 0 saturated heterocycles. The van der Waals surface area contributed by atoms with Crippen LogP contribution in [0, 0.1) is 0 Å². The van der Waals surface area contributed by atoms with Crippen molar-refractivity contribution >= 4 is 16.9 Å². The molecule has 7 nitrogen and oxygen atoms in total. The average molecular weight is 378 g/mol. The summed E-state index contributed by atoms with van der Waals surface area (Å²) in [5, 5.41) is 8.18. The molecule has 0 fully saturated rings. The van der Waals surface area contributed by atoms with Crippen molar-refractivity contribution < 1.29 is 13.9 Å². The maximum atomic E-state index is 12.9. The molecule has 0 spiro atoms. The van der Waals surface area contributed by atoms with Gasteiger partial charge in [-0.05, 0) is 38.1 Å². The maximum absolute atomic E-state index is 12.9. The molecule has 28 heavy (non-hydrogen) atoms. The second-order valence-corrected chi connectivity index (χ2v) is 6.55. The van der Waals surface area contributed by atoms with Gasteiger partial charge in [0.05, 0.1) is 18.8 Å². The predicted molar refractivity (Wildman–Crippen MR) is 106 cm³/mol. The molecule has 4 aromatic rings. The number of furan rings is 1. The first-order chi connectivity index (χ1) is 13.6. The minimum absolute atomic E-state index is 0.213. The Bertz CT molecular complexity index is 1110. The Morgan fingerprint density at radius 2 is 2.07 bits per heavy atom. The molecule has 0 aliphatic heterocycles. The summed E-state index contributed by atoms with van der Waals surface area (Å²) >= 11 is 0. The summed E-state index contributed by atoms with van der Waals surface area (Å²) < 4.78 is 15.2. The number of hydrogen-bond donors (Lipinski definition) is 1. The lowest BCUT2D eigenvalue weighted by atomic mass is 10.2. The number of amides is 1. The van der Waals surface area contributed by atoms with E-state index in [-0.39, 0.29) is 11.9 Å². The highest BCUT2D eigenvalue weighted by Gasteiger charge is 2.21. The number of nitrogens with zero attached hydrogens (tertiary/aromatic N) is 3. The Kier molecular flexibility index (Phi) is 4.65. The first kappa shape index (κ1) is 17.9. The van der Waals surface area contributed by atoms with Crippen LogP contribution >= 0.6 is 0 Å². The van der Waals surface area contributed by atoms with Crippen LogP contribution in [-0.4, -0.2) is 26.9 Å². The number of ether oxygens (including phenoxy) is 1. The van der Waals surface area contributed by atoms with Crippen LogP contribution in [0.4, 0.5) is 0 Å². The van der Waals surface area contributed by atoms with E-state index in [0.717, 1.165) is 5.39 Å². The van der Waals surface area contributed by atoms with Gasteiger partial charge >= 0.3 is 0 Å². The second kappa shape index (κ2) is 7.26. The fourth-order valence-electron chi connectivity index (χ4n) is 3.26. The molecule has 3 aromatic heterocycles. The number of hydrogen-bond acceptors (Lipinski definition) is 4. The molecule has 0 bridgehead atoms. The van der Waals surface area contributed by atoms with E-state index in [0.29, 0.717) is 35.1 Å². The number of rotatable bonds is 6. The van der Waals surface area contributed by atoms with Gasteiger partial charge in [0.1, 0.15) is 17.1 Å². The number of carbonyl (C=O) groups is 1. The summed E-state index contributed by atoms with van der Waals surface area (Å²) in [6.07, 6.45) is 5.33. The molecule has 1 N–H and O–H groups in total. The van der Waals surface area contributed by atoms with Crippen molar-refractivity contribution in [1.82, 2.24) is 19.7 Å². The second-order valence-electron chi connectivity index (χ2n) is 6.55. The van der Waals surface area contributed by atoms with Gasteiger partial charge in [-0.1, -0.05) is 12.1 Å². The van der Waals surface area contributed by atoms with Gasteiger partial charge in [-0.3, -0.25) is 9.48 Å². The summed E-state index contributed by atoms with van der Waals surface area (Å²) in [6, 6.07) is 11.2. The van der Waals surface area contributed by atoms with Gasteiger partial charge in [-0.2, -0.15) is 5.10 Å². The third-order valence-corrected chi connectivity index (χ3v) is 4.60. The van der Waals surface area contributed by atoms with E-state index in [4.69, 9.17) is 9.15 Å². The number of carbonyl (C=O) groups excluding carboxylic acids is 1. The Hall–Kier alpha value is -3.48. The minimum Gasteiger partial charge on any atom is -0.490 e. The Balaban J connectivity index is 1.59. The summed E-state index contributed by atoms with van der Waals surface area (Å²) in [4.78, 5) is 12.9. The molecular weight excluding hydrogens is 356 g/mol. The van der Waals surface area contributed by atoms with Crippen molar-refractivity contribution in [2.45, 2.75) is 19.9 Å². The number of aromatic nitrogens is 3. The molecule has 0 aliphatic rings. The zero-order valence-corrected chi connectivity index (χ0v) is 16.0. The van der Waals surface area contributed by atoms with Crippen molar-refractivity contribution in [3.63, 3.8) is 0 Å². The molecule has 1 aromatic carbocycles. The third kappa shape index (κ3) is 3.15. The highest BCUT2D eigenvalue weighted by atomic mass is 16.5. The topological polar surface area (TPSA) is 74.2 Å². The molecule has 0 saturated carbocycles. The molecule has 1 amide bonds. The van der Waals surface area contributed by atoms with Crippen LogP contribution in [0.25, 0.3) is 16.8 Å². The summed E-state index contributed by atoms with van der Waals surface area (Å²) in [5.74, 6) is 1.86. The maximum Gasteiger partial charge on any atom is 0.257 e. The van der Waals surface area contributed by atoms with Crippen LogP contribution in [0.3, 0.4) is 0 Å². The monoisotopic (exact) mass is 378 g/mol. The Morgan fingerprint density at radius 3 is 2.82 bits per heavy atom. The van der Waals surface area contributed by atoms with E-state index in [9.17, 15) is 4.79 Å². The molecule has 1 unspecified atom stereocenters. The van der Waals surface area contributed by atoms with Crippen LogP contribution in [0.5, 0.6) is 5.75 Å². The van der Waals surface area contributed by atoms with Gasteiger partial charge in [0.15, 0.2) is 11.3 Å². The van der Waals surface area contributed by atoms with Gasteiger partial charge in [-0.25, -0.2) is 0 Å². The number of nitrogens with one attached hydrogen (secondary N) is 1. The Labute approximate surface area is 162 Å². The lowest BCUT2D eigenvalue weighted by Crippen LogP contribution is -2.27. The fraction of sp³-hybridized carbons (Fsp3) is 0.238. The van der Waals surface area contributed by atoms with E-state index in [2.05, 4.69) is 10.4 Å². The highest BCUT2D eigenvalue weighted by molar-refractivity contribution is 5.97. The normalized spacial score (nSPS) is 12.2. The van der Waals surface area contributed by atoms with Crippen LogP contribution in [0.2, 0.25) is 0 Å². The number of benzene rings is 1. The summed E-state index contributed by atoms with van der Waals surface area (Å²) in [7, 11) is 1.81. The van der Waals surface area contributed by atoms with E-state index < -0.39 is 0 Å². The molecular formula is C21H22N4O3.